The predicted molar refractivity (Wildman–Crippen MR) is 75.2 cm³/mol. The quantitative estimate of drug-likeness (QED) is 0.797. The normalized spacial score (nSPS) is 11.5. The molecule has 0 saturated carbocycles. The molecule has 0 aliphatic heterocycles. The van der Waals surface area contributed by atoms with Crippen LogP contribution in [0.4, 0.5) is 4.39 Å². The standard InChI is InChI=1S/C14H16FNO4S/c1-19-13-7-6-11(15)10-14(13)21(17,18)16-8-2-4-12-5-3-9-20-12/h3,5-7,9-10,16H,2,4,8H2,1H3. The number of ether oxygens (including phenoxy) is 1. The maximum atomic E-state index is 13.2. The molecule has 1 heterocycles. The first-order valence-electron chi connectivity index (χ1n) is 6.38. The molecule has 0 spiro atoms. The monoisotopic (exact) mass is 313 g/mol. The number of nitrogens with one attached hydrogen (secondary N) is 1. The molecule has 0 saturated heterocycles. The van der Waals surface area contributed by atoms with Crippen molar-refractivity contribution in [2.75, 3.05) is 13.7 Å². The molecule has 0 aliphatic carbocycles. The summed E-state index contributed by atoms with van der Waals surface area (Å²) in [7, 11) is -2.48. The Morgan fingerprint density at radius 1 is 1.33 bits per heavy atom. The Kier molecular flexibility index (Phi) is 4.98. The summed E-state index contributed by atoms with van der Waals surface area (Å²) >= 11 is 0. The lowest BCUT2D eigenvalue weighted by Gasteiger charge is -2.10. The van der Waals surface area contributed by atoms with Crippen LogP contribution in [0.15, 0.2) is 45.9 Å². The number of methoxy groups -OCH3 is 1. The van der Waals surface area contributed by atoms with Gasteiger partial charge < -0.3 is 9.15 Å². The van der Waals surface area contributed by atoms with Gasteiger partial charge in [-0.2, -0.15) is 0 Å². The Labute approximate surface area is 122 Å². The van der Waals surface area contributed by atoms with Gasteiger partial charge in [0.2, 0.25) is 10.0 Å². The molecule has 0 fully saturated rings. The summed E-state index contributed by atoms with van der Waals surface area (Å²) in [6.07, 6.45) is 2.76. The number of aryl methyl sites for hydroxylation is 1. The number of halogens is 1. The number of furan rings is 1. The summed E-state index contributed by atoms with van der Waals surface area (Å²) < 4.78 is 50.0. The van der Waals surface area contributed by atoms with Crippen LogP contribution in [0.1, 0.15) is 12.2 Å². The third kappa shape index (κ3) is 4.05. The van der Waals surface area contributed by atoms with Gasteiger partial charge in [-0.05, 0) is 36.8 Å². The van der Waals surface area contributed by atoms with Gasteiger partial charge in [-0.25, -0.2) is 17.5 Å². The van der Waals surface area contributed by atoms with Crippen molar-refractivity contribution in [3.63, 3.8) is 0 Å². The molecule has 1 aromatic heterocycles. The van der Waals surface area contributed by atoms with Gasteiger partial charge in [0.15, 0.2) is 0 Å². The molecule has 1 N–H and O–H groups in total. The molecule has 0 bridgehead atoms. The number of hydrogen-bond donors (Lipinski definition) is 1. The zero-order valence-electron chi connectivity index (χ0n) is 11.5. The van der Waals surface area contributed by atoms with E-state index in [4.69, 9.17) is 9.15 Å². The molecule has 7 heteroatoms. The number of hydrogen-bond acceptors (Lipinski definition) is 4. The first-order valence-corrected chi connectivity index (χ1v) is 7.87. The number of rotatable bonds is 7. The van der Waals surface area contributed by atoms with Gasteiger partial charge in [0.05, 0.1) is 13.4 Å². The molecule has 5 nitrogen and oxygen atoms in total. The molecule has 0 amide bonds. The van der Waals surface area contributed by atoms with Gasteiger partial charge in [-0.15, -0.1) is 0 Å². The Bertz CT molecular complexity index is 683. The smallest absolute Gasteiger partial charge is 0.244 e. The SMILES string of the molecule is COc1ccc(F)cc1S(=O)(=O)NCCCc1ccco1. The second-order valence-corrected chi connectivity index (χ2v) is 6.11. The van der Waals surface area contributed by atoms with Crippen molar-refractivity contribution in [3.05, 3.63) is 48.2 Å². The molecule has 114 valence electrons. The largest absolute Gasteiger partial charge is 0.495 e. The lowest BCUT2D eigenvalue weighted by atomic mass is 10.2. The highest BCUT2D eigenvalue weighted by Crippen LogP contribution is 2.24. The Balaban J connectivity index is 1.99. The van der Waals surface area contributed by atoms with Gasteiger partial charge in [-0.3, -0.25) is 0 Å². The Hall–Kier alpha value is -1.86. The summed E-state index contributed by atoms with van der Waals surface area (Å²) in [5, 5.41) is 0. The fraction of sp³-hybridized carbons (Fsp3) is 0.286. The van der Waals surface area contributed by atoms with Gasteiger partial charge >= 0.3 is 0 Å². The summed E-state index contributed by atoms with van der Waals surface area (Å²) in [4.78, 5) is -0.206. The van der Waals surface area contributed by atoms with Crippen molar-refractivity contribution >= 4 is 10.0 Å². The van der Waals surface area contributed by atoms with Gasteiger partial charge in [0, 0.05) is 13.0 Å². The average molecular weight is 313 g/mol. The van der Waals surface area contributed by atoms with Crippen molar-refractivity contribution in [3.8, 4) is 5.75 Å². The number of sulfonamides is 1. The molecule has 0 atom stereocenters. The summed E-state index contributed by atoms with van der Waals surface area (Å²) in [5.41, 5.74) is 0. The van der Waals surface area contributed by atoms with Gasteiger partial charge in [0.1, 0.15) is 22.2 Å². The van der Waals surface area contributed by atoms with Crippen LogP contribution in [0.5, 0.6) is 5.75 Å². The first-order chi connectivity index (χ1) is 10.0. The fourth-order valence-electron chi connectivity index (χ4n) is 1.86. The van der Waals surface area contributed by atoms with E-state index in [1.165, 1.54) is 13.2 Å². The van der Waals surface area contributed by atoms with E-state index in [1.807, 2.05) is 6.07 Å². The second-order valence-electron chi connectivity index (χ2n) is 4.38. The molecule has 2 rings (SSSR count). The van der Waals surface area contributed by atoms with E-state index in [2.05, 4.69) is 4.72 Å². The van der Waals surface area contributed by atoms with Crippen LogP contribution in [0.25, 0.3) is 0 Å². The molecule has 2 aromatic rings. The average Bonchev–Trinajstić information content (AvgIpc) is 2.97. The van der Waals surface area contributed by atoms with Crippen LogP contribution in [-0.2, 0) is 16.4 Å². The van der Waals surface area contributed by atoms with Crippen LogP contribution in [0, 0.1) is 5.82 Å². The zero-order chi connectivity index (χ0) is 15.3. The topological polar surface area (TPSA) is 68.5 Å². The van der Waals surface area contributed by atoms with Crippen molar-refractivity contribution < 1.29 is 22.0 Å². The first kappa shape index (κ1) is 15.5. The third-order valence-corrected chi connectivity index (χ3v) is 4.37. The van der Waals surface area contributed by atoms with E-state index in [1.54, 1.807) is 12.3 Å². The van der Waals surface area contributed by atoms with Crippen molar-refractivity contribution in [1.82, 2.24) is 4.72 Å². The van der Waals surface area contributed by atoms with Gasteiger partial charge in [-0.1, -0.05) is 0 Å². The molecular weight excluding hydrogens is 297 g/mol. The Morgan fingerprint density at radius 3 is 2.81 bits per heavy atom. The third-order valence-electron chi connectivity index (χ3n) is 2.89. The summed E-state index contributed by atoms with van der Waals surface area (Å²) in [5.74, 6) is 0.263. The zero-order valence-corrected chi connectivity index (χ0v) is 12.3. The molecule has 0 radical (unpaired) electrons. The van der Waals surface area contributed by atoms with Crippen LogP contribution in [-0.4, -0.2) is 22.1 Å². The maximum Gasteiger partial charge on any atom is 0.244 e. The van der Waals surface area contributed by atoms with Crippen LogP contribution >= 0.6 is 0 Å². The van der Waals surface area contributed by atoms with Crippen LogP contribution < -0.4 is 9.46 Å². The molecular formula is C14H16FNO4S. The molecule has 21 heavy (non-hydrogen) atoms. The predicted octanol–water partition coefficient (Wildman–Crippen LogP) is 2.34. The highest BCUT2D eigenvalue weighted by atomic mass is 32.2. The lowest BCUT2D eigenvalue weighted by Crippen LogP contribution is -2.25. The van der Waals surface area contributed by atoms with E-state index in [0.717, 1.165) is 17.9 Å². The lowest BCUT2D eigenvalue weighted by molar-refractivity contribution is 0.400. The highest BCUT2D eigenvalue weighted by Gasteiger charge is 2.19. The maximum absolute atomic E-state index is 13.2. The van der Waals surface area contributed by atoms with Crippen molar-refractivity contribution in [1.29, 1.82) is 0 Å². The van der Waals surface area contributed by atoms with Crippen LogP contribution in [0.3, 0.4) is 0 Å². The van der Waals surface area contributed by atoms with E-state index in [0.29, 0.717) is 12.8 Å². The number of benzene rings is 1. The summed E-state index contributed by atoms with van der Waals surface area (Å²) in [6, 6.07) is 6.97. The minimum atomic E-state index is -3.81. The van der Waals surface area contributed by atoms with Crippen LogP contribution in [0.2, 0.25) is 0 Å². The molecule has 0 unspecified atom stereocenters. The van der Waals surface area contributed by atoms with E-state index >= 15 is 0 Å². The highest BCUT2D eigenvalue weighted by molar-refractivity contribution is 7.89. The van der Waals surface area contributed by atoms with E-state index < -0.39 is 15.8 Å². The van der Waals surface area contributed by atoms with Crippen molar-refractivity contribution in [2.45, 2.75) is 17.7 Å². The fourth-order valence-corrected chi connectivity index (χ4v) is 3.11. The molecule has 0 aliphatic rings. The summed E-state index contributed by atoms with van der Waals surface area (Å²) in [6.45, 7) is 0.225. The van der Waals surface area contributed by atoms with E-state index in [-0.39, 0.29) is 17.2 Å². The minimum absolute atomic E-state index is 0.106. The second kappa shape index (κ2) is 6.73. The molecule has 1 aromatic carbocycles. The van der Waals surface area contributed by atoms with E-state index in [9.17, 15) is 12.8 Å². The van der Waals surface area contributed by atoms with Crippen molar-refractivity contribution in [2.24, 2.45) is 0 Å². The minimum Gasteiger partial charge on any atom is -0.495 e. The Morgan fingerprint density at radius 2 is 2.14 bits per heavy atom. The van der Waals surface area contributed by atoms with Gasteiger partial charge in [0.25, 0.3) is 0 Å².